The molecule has 0 unspecified atom stereocenters. The van der Waals surface area contributed by atoms with Crippen molar-refractivity contribution in [1.82, 2.24) is 0 Å². The summed E-state index contributed by atoms with van der Waals surface area (Å²) < 4.78 is 15.2. The van der Waals surface area contributed by atoms with Crippen LogP contribution in [0.5, 0.6) is 0 Å². The predicted octanol–water partition coefficient (Wildman–Crippen LogP) is -0.801. The van der Waals surface area contributed by atoms with Gasteiger partial charge in [0.15, 0.2) is 0 Å². The van der Waals surface area contributed by atoms with E-state index in [1.165, 1.54) is 0 Å². The summed E-state index contributed by atoms with van der Waals surface area (Å²) in [6.07, 6.45) is 1.71. The lowest BCUT2D eigenvalue weighted by Crippen LogP contribution is -2.34. The van der Waals surface area contributed by atoms with Gasteiger partial charge < -0.3 is 18.8 Å². The Morgan fingerprint density at radius 3 is 2.40 bits per heavy atom. The molecule has 0 aromatic carbocycles. The number of hydrogen-bond acceptors (Lipinski definition) is 4. The normalized spacial score (nSPS) is 23.0. The quantitative estimate of drug-likeness (QED) is 0.390. The van der Waals surface area contributed by atoms with Crippen LogP contribution in [0.15, 0.2) is 0 Å². The van der Waals surface area contributed by atoms with Gasteiger partial charge in [-0.1, -0.05) is 13.6 Å². The molecule has 4 nitrogen and oxygen atoms in total. The van der Waals surface area contributed by atoms with E-state index in [0.717, 1.165) is 12.8 Å². The molecule has 59 valence electrons. The van der Waals surface area contributed by atoms with Crippen molar-refractivity contribution in [2.24, 2.45) is 0 Å². The molecule has 1 aliphatic heterocycles. The van der Waals surface area contributed by atoms with Crippen molar-refractivity contribution < 1.29 is 18.8 Å². The van der Waals surface area contributed by atoms with E-state index >= 15 is 0 Å². The summed E-state index contributed by atoms with van der Waals surface area (Å²) in [5.74, 6) is 0. The van der Waals surface area contributed by atoms with Gasteiger partial charge in [0, 0.05) is 6.61 Å². The molecule has 1 heterocycles. The van der Waals surface area contributed by atoms with Crippen LogP contribution in [0.25, 0.3) is 0 Å². The van der Waals surface area contributed by atoms with Crippen molar-refractivity contribution in [2.45, 2.75) is 18.9 Å². The summed E-state index contributed by atoms with van der Waals surface area (Å²) in [6.45, 7) is 0.447. The third-order valence-corrected chi connectivity index (χ3v) is 6.18. The molecule has 0 amide bonds. The summed E-state index contributed by atoms with van der Waals surface area (Å²) in [5.41, 5.74) is 0. The lowest BCUT2D eigenvalue weighted by atomic mass is 10.4. The first-order valence-corrected chi connectivity index (χ1v) is 7.12. The monoisotopic (exact) mass is 179 g/mol. The molecule has 0 bridgehead atoms. The van der Waals surface area contributed by atoms with Gasteiger partial charge in [0.1, 0.15) is 0 Å². The predicted molar refractivity (Wildman–Crippen MR) is 33.4 cm³/mol. The molecular weight excluding hydrogens is 171 g/mol. The average molecular weight is 179 g/mol. The Hall–Kier alpha value is 0.327. The maximum Gasteiger partial charge on any atom is 0.249 e. The first-order valence-electron chi connectivity index (χ1n) is 3.12. The van der Waals surface area contributed by atoms with Crippen molar-refractivity contribution in [1.29, 1.82) is 0 Å². The topological polar surface area (TPSA) is 72.4 Å². The second-order valence-electron chi connectivity index (χ2n) is 2.20. The highest BCUT2D eigenvalue weighted by Crippen LogP contribution is 2.34. The Balaban J connectivity index is 2.47. The van der Waals surface area contributed by atoms with Crippen molar-refractivity contribution in [2.75, 3.05) is 6.61 Å². The molecule has 0 aromatic heterocycles. The highest BCUT2D eigenvalue weighted by Gasteiger charge is 2.20. The molecule has 0 atom stereocenters. The van der Waals surface area contributed by atoms with E-state index in [9.17, 15) is 14.4 Å². The Morgan fingerprint density at radius 2 is 2.10 bits per heavy atom. The van der Waals surface area contributed by atoms with E-state index in [2.05, 4.69) is 0 Å². The van der Waals surface area contributed by atoms with Crippen LogP contribution in [-0.4, -0.2) is 15.3 Å². The van der Waals surface area contributed by atoms with Gasteiger partial charge in [-0.3, -0.25) is 0 Å². The fraction of sp³-hybridized carbons (Fsp3) is 1.00. The van der Waals surface area contributed by atoms with Crippen LogP contribution >= 0.6 is 7.14 Å². The van der Waals surface area contributed by atoms with E-state index in [1.807, 2.05) is 0 Å². The smallest absolute Gasteiger partial charge is 0.249 e. The molecule has 1 aliphatic rings. The molecule has 0 spiro atoms. The molecule has 10 heavy (non-hydrogen) atoms. The Bertz CT molecular complexity index is 149. The lowest BCUT2D eigenvalue weighted by molar-refractivity contribution is -0.306. The van der Waals surface area contributed by atoms with Crippen molar-refractivity contribution in [3.05, 3.63) is 0 Å². The Kier molecular flexibility index (Phi) is 2.65. The minimum Gasteiger partial charge on any atom is -0.812 e. The molecule has 1 radical (unpaired) electrons. The lowest BCUT2D eigenvalue weighted by Gasteiger charge is -2.37. The van der Waals surface area contributed by atoms with Crippen LogP contribution in [-0.2, 0) is 8.99 Å². The van der Waals surface area contributed by atoms with Gasteiger partial charge in [-0.15, -0.1) is 0 Å². The van der Waals surface area contributed by atoms with Gasteiger partial charge in [-0.05, 0) is 12.5 Å². The highest BCUT2D eigenvalue weighted by atomic mass is 31.4. The minimum absolute atomic E-state index is 0.447. The van der Waals surface area contributed by atoms with Crippen LogP contribution in [0.4, 0.5) is 0 Å². The summed E-state index contributed by atoms with van der Waals surface area (Å²) in [5, 5.41) is 0. The van der Waals surface area contributed by atoms with Crippen LogP contribution < -0.4 is 9.79 Å². The molecule has 0 N–H and O–H groups in total. The molecule has 0 saturated carbocycles. The van der Waals surface area contributed by atoms with Crippen molar-refractivity contribution in [3.8, 4) is 0 Å². The molecule has 1 fully saturated rings. The van der Waals surface area contributed by atoms with Crippen LogP contribution in [0.1, 0.15) is 12.8 Å². The van der Waals surface area contributed by atoms with Gasteiger partial charge >= 0.3 is 0 Å². The second-order valence-corrected chi connectivity index (χ2v) is 7.91. The first-order chi connectivity index (χ1) is 4.61. The highest BCUT2D eigenvalue weighted by molar-refractivity contribution is 7.83. The zero-order valence-corrected chi connectivity index (χ0v) is 7.30. The van der Waals surface area contributed by atoms with Gasteiger partial charge in [0.25, 0.3) is 0 Å². The Morgan fingerprint density at radius 1 is 1.40 bits per heavy atom. The maximum absolute atomic E-state index is 10.4. The summed E-state index contributed by atoms with van der Waals surface area (Å²) >= 11 is 0. The third kappa shape index (κ3) is 2.18. The first kappa shape index (κ1) is 8.42. The zero-order chi connectivity index (χ0) is 7.61. The van der Waals surface area contributed by atoms with E-state index in [1.54, 1.807) is 0 Å². The number of hydrogen-bond donors (Lipinski definition) is 0. The standard InChI is InChI=1S/C4H10O4PSi/c5-9(6,7)10-4-2-1-3-8-10/h1-4H2,(H2,5,6,7)/p-2. The fourth-order valence-corrected chi connectivity index (χ4v) is 4.41. The van der Waals surface area contributed by atoms with E-state index in [4.69, 9.17) is 4.43 Å². The molecule has 0 aliphatic carbocycles. The fourth-order valence-electron chi connectivity index (χ4n) is 0.856. The molecule has 6 heteroatoms. The van der Waals surface area contributed by atoms with E-state index in [0.29, 0.717) is 12.7 Å². The molecular formula is C4H8O4PSi-2. The van der Waals surface area contributed by atoms with Crippen LogP contribution in [0.2, 0.25) is 6.04 Å². The second kappa shape index (κ2) is 3.15. The van der Waals surface area contributed by atoms with Gasteiger partial charge in [-0.25, -0.2) is 0 Å². The van der Waals surface area contributed by atoms with Crippen LogP contribution in [0, 0.1) is 0 Å². The number of rotatable bonds is 1. The largest absolute Gasteiger partial charge is 0.812 e. The van der Waals surface area contributed by atoms with Gasteiger partial charge in [-0.2, -0.15) is 0 Å². The maximum atomic E-state index is 10.4. The Labute approximate surface area is 60.9 Å². The SMILES string of the molecule is O=P([O-])([O-])[Si]1CCCCO1. The third-order valence-electron chi connectivity index (χ3n) is 1.36. The van der Waals surface area contributed by atoms with E-state index < -0.39 is 15.9 Å². The summed E-state index contributed by atoms with van der Waals surface area (Å²) in [4.78, 5) is 20.8. The molecule has 1 rings (SSSR count). The van der Waals surface area contributed by atoms with E-state index in [-0.39, 0.29) is 0 Å². The van der Waals surface area contributed by atoms with Gasteiger partial charge in [0.2, 0.25) is 8.71 Å². The minimum atomic E-state index is -4.36. The van der Waals surface area contributed by atoms with Crippen molar-refractivity contribution in [3.63, 3.8) is 0 Å². The molecule has 0 aromatic rings. The van der Waals surface area contributed by atoms with Crippen molar-refractivity contribution >= 4 is 15.9 Å². The summed E-state index contributed by atoms with van der Waals surface area (Å²) in [7, 11) is -6.38. The summed E-state index contributed by atoms with van der Waals surface area (Å²) in [6, 6.07) is 0.467. The zero-order valence-electron chi connectivity index (χ0n) is 5.41. The van der Waals surface area contributed by atoms with Gasteiger partial charge in [0.05, 0.1) is 0 Å². The average Bonchev–Trinajstić information content (AvgIpc) is 1.88. The van der Waals surface area contributed by atoms with Crippen LogP contribution in [0.3, 0.4) is 0 Å². The molecule has 1 saturated heterocycles.